The highest BCUT2D eigenvalue weighted by molar-refractivity contribution is 5.89. The molecule has 6 heteroatoms. The predicted octanol–water partition coefficient (Wildman–Crippen LogP) is 5.41. The summed E-state index contributed by atoms with van der Waals surface area (Å²) in [5.74, 6) is 2.79. The Morgan fingerprint density at radius 1 is 0.938 bits per heavy atom. The molecule has 0 spiro atoms. The number of anilines is 2. The van der Waals surface area contributed by atoms with Crippen molar-refractivity contribution in [1.82, 2.24) is 19.5 Å². The molecule has 4 aromatic rings. The van der Waals surface area contributed by atoms with Gasteiger partial charge in [-0.15, -0.1) is 0 Å². The van der Waals surface area contributed by atoms with Crippen molar-refractivity contribution in [3.8, 4) is 11.3 Å². The van der Waals surface area contributed by atoms with Gasteiger partial charge in [-0.25, -0.2) is 15.0 Å². The molecule has 5 rings (SSSR count). The minimum absolute atomic E-state index is 0.775. The number of nitrogens with zero attached hydrogens (tertiary/aromatic N) is 5. The lowest BCUT2D eigenvalue weighted by atomic mass is 10.1. The fourth-order valence-electron chi connectivity index (χ4n) is 4.27. The van der Waals surface area contributed by atoms with Gasteiger partial charge in [-0.05, 0) is 55.8 Å². The Balaban J connectivity index is 1.39. The first-order valence-corrected chi connectivity index (χ1v) is 11.1. The van der Waals surface area contributed by atoms with Gasteiger partial charge >= 0.3 is 0 Å². The zero-order valence-corrected chi connectivity index (χ0v) is 18.7. The molecule has 0 amide bonds. The fourth-order valence-corrected chi connectivity index (χ4v) is 4.27. The van der Waals surface area contributed by atoms with Crippen molar-refractivity contribution < 1.29 is 0 Å². The lowest BCUT2D eigenvalue weighted by Crippen LogP contribution is -2.30. The molecule has 0 unspecified atom stereocenters. The molecule has 0 aliphatic carbocycles. The number of pyridine rings is 2. The molecule has 1 fully saturated rings. The van der Waals surface area contributed by atoms with Crippen LogP contribution < -0.4 is 10.2 Å². The molecule has 0 radical (unpaired) electrons. The van der Waals surface area contributed by atoms with Gasteiger partial charge in [0, 0.05) is 54.7 Å². The van der Waals surface area contributed by atoms with E-state index in [-0.39, 0.29) is 0 Å². The van der Waals surface area contributed by atoms with E-state index in [2.05, 4.69) is 66.6 Å². The van der Waals surface area contributed by atoms with Crippen molar-refractivity contribution >= 4 is 28.1 Å². The first-order chi connectivity index (χ1) is 15.6. The smallest absolute Gasteiger partial charge is 0.130 e. The number of aromatic nitrogens is 4. The molecule has 1 saturated heterocycles. The molecule has 1 aliphatic rings. The highest BCUT2D eigenvalue weighted by Gasteiger charge is 2.13. The lowest BCUT2D eigenvalue weighted by Gasteiger charge is -2.28. The second-order valence-electron chi connectivity index (χ2n) is 8.44. The van der Waals surface area contributed by atoms with Crippen LogP contribution >= 0.6 is 0 Å². The van der Waals surface area contributed by atoms with Crippen LogP contribution in [-0.2, 0) is 7.05 Å². The molecule has 4 heterocycles. The van der Waals surface area contributed by atoms with E-state index in [9.17, 15) is 0 Å². The van der Waals surface area contributed by atoms with Crippen molar-refractivity contribution in [2.24, 2.45) is 7.05 Å². The second-order valence-corrected chi connectivity index (χ2v) is 8.44. The lowest BCUT2D eigenvalue weighted by molar-refractivity contribution is 0.573. The van der Waals surface area contributed by atoms with Crippen molar-refractivity contribution in [1.29, 1.82) is 0 Å². The summed E-state index contributed by atoms with van der Waals surface area (Å²) in [5.41, 5.74) is 4.08. The van der Waals surface area contributed by atoms with Crippen LogP contribution in [0, 0.1) is 6.92 Å². The van der Waals surface area contributed by atoms with Crippen molar-refractivity contribution in [3.05, 3.63) is 73.0 Å². The third-order valence-corrected chi connectivity index (χ3v) is 6.29. The van der Waals surface area contributed by atoms with Crippen molar-refractivity contribution in [3.63, 3.8) is 0 Å². The van der Waals surface area contributed by atoms with Gasteiger partial charge in [0.25, 0.3) is 0 Å². The molecule has 1 aliphatic heterocycles. The zero-order chi connectivity index (χ0) is 22.1. The molecule has 6 nitrogen and oxygen atoms in total. The van der Waals surface area contributed by atoms with Gasteiger partial charge < -0.3 is 14.8 Å². The van der Waals surface area contributed by atoms with E-state index in [4.69, 9.17) is 0 Å². The molecule has 3 aromatic heterocycles. The first kappa shape index (κ1) is 20.2. The van der Waals surface area contributed by atoms with Gasteiger partial charge in [-0.1, -0.05) is 18.7 Å². The largest absolute Gasteiger partial charge is 0.357 e. The van der Waals surface area contributed by atoms with E-state index >= 15 is 0 Å². The Bertz CT molecular complexity index is 1280. The van der Waals surface area contributed by atoms with E-state index in [0.29, 0.717) is 0 Å². The maximum atomic E-state index is 4.59. The zero-order valence-electron chi connectivity index (χ0n) is 18.7. The van der Waals surface area contributed by atoms with Crippen LogP contribution in [0.3, 0.4) is 0 Å². The Morgan fingerprint density at radius 3 is 2.56 bits per heavy atom. The summed E-state index contributed by atoms with van der Waals surface area (Å²) in [7, 11) is 2.04. The van der Waals surface area contributed by atoms with E-state index in [1.165, 1.54) is 19.3 Å². The number of benzene rings is 1. The topological polar surface area (TPSA) is 58.9 Å². The highest BCUT2D eigenvalue weighted by Crippen LogP contribution is 2.27. The summed E-state index contributed by atoms with van der Waals surface area (Å²) < 4.78 is 2.10. The van der Waals surface area contributed by atoms with Gasteiger partial charge in [-0.3, -0.25) is 0 Å². The third-order valence-electron chi connectivity index (χ3n) is 6.29. The standard InChI is InChI=1S/C26H28N6/c1-18(20-9-10-27-26(15-20)32-11-5-4-6-12-32)30-25-14-23-13-21(7-8-22(23)16-29-25)24-17-28-19(2)31(24)3/h7-10,13-17H,1,4-6,11-12H2,2-3H3,(H,29,30). The first-order valence-electron chi connectivity index (χ1n) is 11.1. The minimum atomic E-state index is 0.775. The number of hydrogen-bond acceptors (Lipinski definition) is 5. The van der Waals surface area contributed by atoms with E-state index in [1.807, 2.05) is 38.6 Å². The van der Waals surface area contributed by atoms with Crippen LogP contribution in [0.25, 0.3) is 27.7 Å². The van der Waals surface area contributed by atoms with Gasteiger partial charge in [0.1, 0.15) is 17.5 Å². The molecule has 0 saturated carbocycles. The molecule has 1 N–H and O–H groups in total. The SMILES string of the molecule is C=C(Nc1cc2cc(-c3cnc(C)n3C)ccc2cn1)c1ccnc(N2CCCCC2)c1. The Hall–Kier alpha value is -3.67. The minimum Gasteiger partial charge on any atom is -0.357 e. The van der Waals surface area contributed by atoms with Crippen LogP contribution in [-0.4, -0.2) is 32.6 Å². The molecular weight excluding hydrogens is 396 g/mol. The summed E-state index contributed by atoms with van der Waals surface area (Å²) in [6.45, 7) is 8.41. The summed E-state index contributed by atoms with van der Waals surface area (Å²) in [6.07, 6.45) is 9.44. The van der Waals surface area contributed by atoms with Crippen LogP contribution in [0.5, 0.6) is 0 Å². The normalized spacial score (nSPS) is 14.0. The maximum absolute atomic E-state index is 4.59. The van der Waals surface area contributed by atoms with Crippen LogP contribution in [0.15, 0.2) is 61.6 Å². The van der Waals surface area contributed by atoms with Gasteiger partial charge in [0.05, 0.1) is 11.9 Å². The van der Waals surface area contributed by atoms with E-state index in [1.54, 1.807) is 0 Å². The van der Waals surface area contributed by atoms with Crippen molar-refractivity contribution in [2.45, 2.75) is 26.2 Å². The molecule has 32 heavy (non-hydrogen) atoms. The number of imidazole rings is 1. The molecule has 0 atom stereocenters. The third kappa shape index (κ3) is 3.96. The molecule has 162 valence electrons. The number of piperidine rings is 1. The predicted molar refractivity (Wildman–Crippen MR) is 132 cm³/mol. The van der Waals surface area contributed by atoms with Crippen LogP contribution in [0.2, 0.25) is 0 Å². The summed E-state index contributed by atoms with van der Waals surface area (Å²) >= 11 is 0. The summed E-state index contributed by atoms with van der Waals surface area (Å²) in [4.78, 5) is 15.9. The van der Waals surface area contributed by atoms with Gasteiger partial charge in [0.2, 0.25) is 0 Å². The van der Waals surface area contributed by atoms with Gasteiger partial charge in [0.15, 0.2) is 0 Å². The fraction of sp³-hybridized carbons (Fsp3) is 0.269. The summed E-state index contributed by atoms with van der Waals surface area (Å²) in [6, 6.07) is 12.6. The number of nitrogens with one attached hydrogen (secondary N) is 1. The highest BCUT2D eigenvalue weighted by atomic mass is 15.2. The Morgan fingerprint density at radius 2 is 1.78 bits per heavy atom. The quantitative estimate of drug-likeness (QED) is 0.464. The number of aryl methyl sites for hydroxylation is 1. The number of fused-ring (bicyclic) bond motifs is 1. The Kier molecular flexibility index (Phi) is 5.35. The maximum Gasteiger partial charge on any atom is 0.130 e. The van der Waals surface area contributed by atoms with E-state index in [0.717, 1.165) is 63.8 Å². The van der Waals surface area contributed by atoms with Crippen LogP contribution in [0.1, 0.15) is 30.7 Å². The second kappa shape index (κ2) is 8.46. The molecule has 0 bridgehead atoms. The van der Waals surface area contributed by atoms with Gasteiger partial charge in [-0.2, -0.15) is 0 Å². The number of rotatable bonds is 5. The molecular formula is C26H28N6. The monoisotopic (exact) mass is 424 g/mol. The van der Waals surface area contributed by atoms with E-state index < -0.39 is 0 Å². The average Bonchev–Trinajstić information content (AvgIpc) is 3.17. The Labute approximate surface area is 188 Å². The number of hydrogen-bond donors (Lipinski definition) is 1. The summed E-state index contributed by atoms with van der Waals surface area (Å²) in [5, 5.41) is 5.60. The molecule has 1 aromatic carbocycles. The van der Waals surface area contributed by atoms with Crippen LogP contribution in [0.4, 0.5) is 11.6 Å². The van der Waals surface area contributed by atoms with Crippen molar-refractivity contribution in [2.75, 3.05) is 23.3 Å². The average molecular weight is 425 g/mol.